The van der Waals surface area contributed by atoms with Crippen LogP contribution in [-0.4, -0.2) is 54.5 Å². The summed E-state index contributed by atoms with van der Waals surface area (Å²) >= 11 is 0. The van der Waals surface area contributed by atoms with E-state index >= 15 is 0 Å². The number of piperazine rings is 1. The van der Waals surface area contributed by atoms with E-state index in [1.807, 2.05) is 17.1 Å². The Morgan fingerprint density at radius 1 is 1.25 bits per heavy atom. The molecule has 3 N–H and O–H groups in total. The van der Waals surface area contributed by atoms with Gasteiger partial charge in [0.15, 0.2) is 0 Å². The molecule has 6 nitrogen and oxygen atoms in total. The molecule has 1 unspecified atom stereocenters. The number of rotatable bonds is 5. The Kier molecular flexibility index (Phi) is 6.22. The molecule has 1 atom stereocenters. The largest absolute Gasteiger partial charge is 0.351 e. The van der Waals surface area contributed by atoms with Crippen molar-refractivity contribution in [2.75, 3.05) is 32.7 Å². The van der Waals surface area contributed by atoms with Crippen molar-refractivity contribution in [2.24, 2.45) is 5.73 Å². The zero-order valence-electron chi connectivity index (χ0n) is 13.6. The summed E-state index contributed by atoms with van der Waals surface area (Å²) in [6, 6.07) is 2.67. The molecule has 2 rings (SSSR count). The van der Waals surface area contributed by atoms with Gasteiger partial charge < -0.3 is 5.73 Å². The predicted octanol–water partition coefficient (Wildman–Crippen LogP) is 1.23. The average Bonchev–Trinajstić information content (AvgIpc) is 2.50. The number of halogens is 2. The van der Waals surface area contributed by atoms with Crippen molar-refractivity contribution in [1.29, 1.82) is 0 Å². The van der Waals surface area contributed by atoms with Gasteiger partial charge in [-0.25, -0.2) is 13.6 Å². The number of hydrogen-bond acceptors (Lipinski definition) is 4. The molecule has 132 valence electrons. The first-order valence-corrected chi connectivity index (χ1v) is 7.91. The van der Waals surface area contributed by atoms with Gasteiger partial charge in [0, 0.05) is 43.9 Å². The number of urea groups is 1. The zero-order chi connectivity index (χ0) is 17.7. The highest BCUT2D eigenvalue weighted by atomic mass is 19.1. The zero-order valence-corrected chi connectivity index (χ0v) is 13.6. The summed E-state index contributed by atoms with van der Waals surface area (Å²) in [5.74, 6) is -1.56. The molecule has 1 aromatic rings. The van der Waals surface area contributed by atoms with Crippen LogP contribution in [0.5, 0.6) is 0 Å². The molecular formula is C16H22F2N4O2. The molecular weight excluding hydrogens is 318 g/mol. The summed E-state index contributed by atoms with van der Waals surface area (Å²) in [4.78, 5) is 26.2. The molecule has 0 aromatic heterocycles. The third kappa shape index (κ3) is 4.72. The maximum atomic E-state index is 14.0. The Hall–Kier alpha value is -2.06. The van der Waals surface area contributed by atoms with Gasteiger partial charge in [0.25, 0.3) is 0 Å². The van der Waals surface area contributed by atoms with Crippen molar-refractivity contribution in [3.63, 3.8) is 0 Å². The highest BCUT2D eigenvalue weighted by Gasteiger charge is 2.26. The van der Waals surface area contributed by atoms with Crippen molar-refractivity contribution < 1.29 is 18.4 Å². The van der Waals surface area contributed by atoms with E-state index in [-0.39, 0.29) is 12.6 Å². The van der Waals surface area contributed by atoms with Crippen LogP contribution >= 0.6 is 0 Å². The van der Waals surface area contributed by atoms with Gasteiger partial charge >= 0.3 is 6.03 Å². The van der Waals surface area contributed by atoms with Gasteiger partial charge in [-0.15, -0.1) is 0 Å². The molecule has 24 heavy (non-hydrogen) atoms. The van der Waals surface area contributed by atoms with E-state index in [2.05, 4.69) is 4.90 Å². The Morgan fingerprint density at radius 3 is 2.46 bits per heavy atom. The number of carbonyl (C=O) groups is 2. The minimum absolute atomic E-state index is 0.0957. The van der Waals surface area contributed by atoms with Gasteiger partial charge in [-0.1, -0.05) is 13.0 Å². The second kappa shape index (κ2) is 8.16. The molecule has 0 radical (unpaired) electrons. The SMILES string of the molecule is CCC(c1ccc(F)cc1F)N1CCN(CC(=O)NC(N)=O)CC1. The Bertz CT molecular complexity index is 604. The minimum Gasteiger partial charge on any atom is -0.351 e. The molecule has 1 heterocycles. The van der Waals surface area contributed by atoms with E-state index in [0.29, 0.717) is 38.2 Å². The van der Waals surface area contributed by atoms with Crippen LogP contribution in [0.2, 0.25) is 0 Å². The van der Waals surface area contributed by atoms with Gasteiger partial charge in [-0.3, -0.25) is 19.9 Å². The Balaban J connectivity index is 1.94. The number of benzene rings is 1. The third-order valence-electron chi connectivity index (χ3n) is 4.19. The number of nitrogens with one attached hydrogen (secondary N) is 1. The van der Waals surface area contributed by atoms with Crippen LogP contribution in [-0.2, 0) is 4.79 Å². The second-order valence-electron chi connectivity index (χ2n) is 5.81. The summed E-state index contributed by atoms with van der Waals surface area (Å²) < 4.78 is 27.1. The van der Waals surface area contributed by atoms with Crippen LogP contribution in [0.3, 0.4) is 0 Å². The van der Waals surface area contributed by atoms with Crippen molar-refractivity contribution in [1.82, 2.24) is 15.1 Å². The minimum atomic E-state index is -0.864. The highest BCUT2D eigenvalue weighted by Crippen LogP contribution is 2.27. The quantitative estimate of drug-likeness (QED) is 0.845. The van der Waals surface area contributed by atoms with E-state index in [1.165, 1.54) is 12.1 Å². The first-order valence-electron chi connectivity index (χ1n) is 7.91. The highest BCUT2D eigenvalue weighted by molar-refractivity contribution is 5.94. The molecule has 0 saturated carbocycles. The topological polar surface area (TPSA) is 78.7 Å². The molecule has 1 fully saturated rings. The molecule has 0 spiro atoms. The molecule has 1 aliphatic rings. The molecule has 1 aromatic carbocycles. The number of imide groups is 1. The molecule has 1 saturated heterocycles. The fourth-order valence-electron chi connectivity index (χ4n) is 3.06. The average molecular weight is 340 g/mol. The summed E-state index contributed by atoms with van der Waals surface area (Å²) in [6.45, 7) is 4.59. The second-order valence-corrected chi connectivity index (χ2v) is 5.81. The normalized spacial score (nSPS) is 17.5. The summed E-state index contributed by atoms with van der Waals surface area (Å²) in [5.41, 5.74) is 5.39. The van der Waals surface area contributed by atoms with E-state index in [0.717, 1.165) is 6.07 Å². The lowest BCUT2D eigenvalue weighted by Crippen LogP contribution is -2.51. The predicted molar refractivity (Wildman–Crippen MR) is 85.1 cm³/mol. The number of primary amides is 1. The first-order chi connectivity index (χ1) is 11.4. The molecule has 1 aliphatic heterocycles. The summed E-state index contributed by atoms with van der Waals surface area (Å²) in [6.07, 6.45) is 0.699. The lowest BCUT2D eigenvalue weighted by Gasteiger charge is -2.39. The van der Waals surface area contributed by atoms with Crippen LogP contribution in [0.1, 0.15) is 24.9 Å². The van der Waals surface area contributed by atoms with E-state index < -0.39 is 23.6 Å². The smallest absolute Gasteiger partial charge is 0.318 e. The molecule has 0 aliphatic carbocycles. The number of carbonyl (C=O) groups excluding carboxylic acids is 2. The van der Waals surface area contributed by atoms with Gasteiger partial charge in [0.2, 0.25) is 5.91 Å². The van der Waals surface area contributed by atoms with Crippen LogP contribution < -0.4 is 11.1 Å². The van der Waals surface area contributed by atoms with E-state index in [1.54, 1.807) is 0 Å². The number of hydrogen-bond donors (Lipinski definition) is 2. The summed E-state index contributed by atoms with van der Waals surface area (Å²) in [5, 5.41) is 2.03. The number of amides is 3. The van der Waals surface area contributed by atoms with Crippen LogP contribution in [0.15, 0.2) is 18.2 Å². The summed E-state index contributed by atoms with van der Waals surface area (Å²) in [7, 11) is 0. The molecule has 8 heteroatoms. The van der Waals surface area contributed by atoms with E-state index in [4.69, 9.17) is 5.73 Å². The van der Waals surface area contributed by atoms with Crippen molar-refractivity contribution >= 4 is 11.9 Å². The van der Waals surface area contributed by atoms with Crippen LogP contribution in [0.4, 0.5) is 13.6 Å². The first kappa shape index (κ1) is 18.3. The van der Waals surface area contributed by atoms with Gasteiger partial charge in [-0.2, -0.15) is 0 Å². The van der Waals surface area contributed by atoms with Crippen LogP contribution in [0, 0.1) is 11.6 Å². The number of nitrogens with two attached hydrogens (primary N) is 1. The van der Waals surface area contributed by atoms with Gasteiger partial charge in [0.1, 0.15) is 11.6 Å². The fraction of sp³-hybridized carbons (Fsp3) is 0.500. The van der Waals surface area contributed by atoms with Gasteiger partial charge in [0.05, 0.1) is 6.54 Å². The Labute approximate surface area is 139 Å². The molecule has 3 amide bonds. The van der Waals surface area contributed by atoms with Gasteiger partial charge in [-0.05, 0) is 12.5 Å². The van der Waals surface area contributed by atoms with Crippen molar-refractivity contribution in [2.45, 2.75) is 19.4 Å². The maximum Gasteiger partial charge on any atom is 0.318 e. The molecule has 0 bridgehead atoms. The van der Waals surface area contributed by atoms with E-state index in [9.17, 15) is 18.4 Å². The number of nitrogens with zero attached hydrogens (tertiary/aromatic N) is 2. The van der Waals surface area contributed by atoms with Crippen LogP contribution in [0.25, 0.3) is 0 Å². The fourth-order valence-corrected chi connectivity index (χ4v) is 3.06. The Morgan fingerprint density at radius 2 is 1.92 bits per heavy atom. The third-order valence-corrected chi connectivity index (χ3v) is 4.19. The monoisotopic (exact) mass is 340 g/mol. The van der Waals surface area contributed by atoms with Crippen molar-refractivity contribution in [3.05, 3.63) is 35.4 Å². The lowest BCUT2D eigenvalue weighted by molar-refractivity contribution is -0.121. The van der Waals surface area contributed by atoms with Crippen molar-refractivity contribution in [3.8, 4) is 0 Å². The lowest BCUT2D eigenvalue weighted by atomic mass is 10.0. The maximum absolute atomic E-state index is 14.0. The standard InChI is InChI=1S/C16H22F2N4O2/c1-2-14(12-4-3-11(17)9-13(12)18)22-7-5-21(6-8-22)10-15(23)20-16(19)24/h3-4,9,14H,2,5-8,10H2,1H3,(H3,19,20,23,24).